The molecule has 2 aromatic carbocycles. The number of hydrogen-bond donors (Lipinski definition) is 1. The molecule has 0 spiro atoms. The van der Waals surface area contributed by atoms with Gasteiger partial charge in [0.25, 0.3) is 5.91 Å². The molecule has 3 nitrogen and oxygen atoms in total. The molecular formula is C22H24N2OS. The maximum Gasteiger partial charge on any atom is 0.261 e. The van der Waals surface area contributed by atoms with Crippen molar-refractivity contribution in [2.24, 2.45) is 0 Å². The first-order valence-corrected chi connectivity index (χ1v) is 9.57. The zero-order chi connectivity index (χ0) is 18.5. The molecule has 0 atom stereocenters. The van der Waals surface area contributed by atoms with E-state index in [4.69, 9.17) is 0 Å². The summed E-state index contributed by atoms with van der Waals surface area (Å²) in [6.45, 7) is 3.42. The van der Waals surface area contributed by atoms with Gasteiger partial charge < -0.3 is 10.2 Å². The molecule has 0 fully saturated rings. The van der Waals surface area contributed by atoms with E-state index in [-0.39, 0.29) is 5.91 Å². The van der Waals surface area contributed by atoms with Gasteiger partial charge in [-0.15, -0.1) is 11.3 Å². The Morgan fingerprint density at radius 1 is 1.04 bits per heavy atom. The fourth-order valence-corrected chi connectivity index (χ4v) is 3.81. The van der Waals surface area contributed by atoms with Crippen LogP contribution in [-0.2, 0) is 13.1 Å². The Balaban J connectivity index is 1.76. The summed E-state index contributed by atoms with van der Waals surface area (Å²) >= 11 is 1.48. The normalized spacial score (nSPS) is 10.9. The minimum absolute atomic E-state index is 0.00589. The van der Waals surface area contributed by atoms with Gasteiger partial charge in [0.05, 0.1) is 4.88 Å². The summed E-state index contributed by atoms with van der Waals surface area (Å²) in [5, 5.41) is 5.01. The number of rotatable bonds is 6. The largest absolute Gasteiger partial charge is 0.347 e. The maximum absolute atomic E-state index is 12.4. The van der Waals surface area contributed by atoms with Gasteiger partial charge >= 0.3 is 0 Å². The second-order valence-electron chi connectivity index (χ2n) is 6.71. The number of nitrogens with zero attached hydrogens (tertiary/aromatic N) is 1. The predicted octanol–water partition coefficient (Wildman–Crippen LogP) is 4.72. The number of carbonyl (C=O) groups is 1. The molecule has 134 valence electrons. The monoisotopic (exact) mass is 364 g/mol. The number of hydrogen-bond acceptors (Lipinski definition) is 3. The lowest BCUT2D eigenvalue weighted by Gasteiger charge is -2.13. The van der Waals surface area contributed by atoms with Crippen molar-refractivity contribution in [1.29, 1.82) is 0 Å². The lowest BCUT2D eigenvalue weighted by molar-refractivity contribution is 0.0954. The van der Waals surface area contributed by atoms with Gasteiger partial charge in [0.1, 0.15) is 0 Å². The van der Waals surface area contributed by atoms with Crippen molar-refractivity contribution < 1.29 is 4.79 Å². The van der Waals surface area contributed by atoms with Crippen molar-refractivity contribution >= 4 is 17.2 Å². The van der Waals surface area contributed by atoms with Gasteiger partial charge in [-0.3, -0.25) is 4.79 Å². The SMILES string of the molecule is Cc1ccsc1C(=O)NCc1ccccc1-c1ccc(CN(C)C)cc1. The molecule has 3 aromatic rings. The van der Waals surface area contributed by atoms with E-state index in [1.807, 2.05) is 30.5 Å². The topological polar surface area (TPSA) is 32.3 Å². The van der Waals surface area contributed by atoms with E-state index in [1.54, 1.807) is 0 Å². The van der Waals surface area contributed by atoms with Crippen molar-refractivity contribution in [3.8, 4) is 11.1 Å². The van der Waals surface area contributed by atoms with Crippen LogP contribution >= 0.6 is 11.3 Å². The second kappa shape index (κ2) is 8.30. The van der Waals surface area contributed by atoms with E-state index in [1.165, 1.54) is 22.5 Å². The molecule has 1 N–H and O–H groups in total. The molecule has 0 unspecified atom stereocenters. The van der Waals surface area contributed by atoms with Crippen LogP contribution in [0.1, 0.15) is 26.4 Å². The second-order valence-corrected chi connectivity index (χ2v) is 7.62. The quantitative estimate of drug-likeness (QED) is 0.687. The number of carbonyl (C=O) groups excluding carboxylic acids is 1. The van der Waals surface area contributed by atoms with Crippen LogP contribution in [0.3, 0.4) is 0 Å². The highest BCUT2D eigenvalue weighted by atomic mass is 32.1. The summed E-state index contributed by atoms with van der Waals surface area (Å²) in [7, 11) is 4.14. The number of amides is 1. The molecule has 0 aliphatic heterocycles. The summed E-state index contributed by atoms with van der Waals surface area (Å²) in [5.41, 5.74) is 5.77. The van der Waals surface area contributed by atoms with Crippen LogP contribution in [0.5, 0.6) is 0 Å². The molecule has 3 rings (SSSR count). The van der Waals surface area contributed by atoms with Crippen LogP contribution in [0.4, 0.5) is 0 Å². The van der Waals surface area contributed by atoms with Crippen molar-refractivity contribution in [3.63, 3.8) is 0 Å². The molecule has 0 bridgehead atoms. The van der Waals surface area contributed by atoms with E-state index in [0.29, 0.717) is 6.54 Å². The first-order chi connectivity index (χ1) is 12.5. The zero-order valence-corrected chi connectivity index (χ0v) is 16.3. The molecule has 1 amide bonds. The molecule has 0 saturated heterocycles. The van der Waals surface area contributed by atoms with Crippen LogP contribution < -0.4 is 5.32 Å². The Morgan fingerprint density at radius 2 is 1.77 bits per heavy atom. The third-order valence-electron chi connectivity index (χ3n) is 4.29. The van der Waals surface area contributed by atoms with E-state index in [2.05, 4.69) is 60.7 Å². The molecule has 0 aliphatic carbocycles. The van der Waals surface area contributed by atoms with Gasteiger partial charge in [0, 0.05) is 13.1 Å². The van der Waals surface area contributed by atoms with Crippen LogP contribution in [0, 0.1) is 6.92 Å². The minimum Gasteiger partial charge on any atom is -0.347 e. The summed E-state index contributed by atoms with van der Waals surface area (Å²) in [6, 6.07) is 18.9. The van der Waals surface area contributed by atoms with Crippen molar-refractivity contribution in [3.05, 3.63) is 81.5 Å². The van der Waals surface area contributed by atoms with Crippen molar-refractivity contribution in [2.45, 2.75) is 20.0 Å². The zero-order valence-electron chi connectivity index (χ0n) is 15.5. The van der Waals surface area contributed by atoms with Crippen LogP contribution in [-0.4, -0.2) is 24.9 Å². The van der Waals surface area contributed by atoms with E-state index >= 15 is 0 Å². The van der Waals surface area contributed by atoms with Crippen LogP contribution in [0.25, 0.3) is 11.1 Å². The molecule has 1 aromatic heterocycles. The van der Waals surface area contributed by atoms with E-state index in [9.17, 15) is 4.79 Å². The Morgan fingerprint density at radius 3 is 2.42 bits per heavy atom. The summed E-state index contributed by atoms with van der Waals surface area (Å²) < 4.78 is 0. The predicted molar refractivity (Wildman–Crippen MR) is 109 cm³/mol. The third-order valence-corrected chi connectivity index (χ3v) is 5.30. The van der Waals surface area contributed by atoms with Crippen LogP contribution in [0.15, 0.2) is 60.0 Å². The van der Waals surface area contributed by atoms with Gasteiger partial charge in [-0.1, -0.05) is 48.5 Å². The number of thiophene rings is 1. The van der Waals surface area contributed by atoms with Gasteiger partial charge in [-0.05, 0) is 60.3 Å². The van der Waals surface area contributed by atoms with Gasteiger partial charge in [0.2, 0.25) is 0 Å². The smallest absolute Gasteiger partial charge is 0.261 e. The van der Waals surface area contributed by atoms with E-state index < -0.39 is 0 Å². The Bertz CT molecular complexity index is 881. The molecule has 26 heavy (non-hydrogen) atoms. The Hall–Kier alpha value is -2.43. The minimum atomic E-state index is -0.00589. The lowest BCUT2D eigenvalue weighted by atomic mass is 9.98. The molecule has 0 saturated carbocycles. The number of aryl methyl sites for hydroxylation is 1. The maximum atomic E-state index is 12.4. The summed E-state index contributed by atoms with van der Waals surface area (Å²) in [4.78, 5) is 15.3. The lowest BCUT2D eigenvalue weighted by Crippen LogP contribution is -2.22. The highest BCUT2D eigenvalue weighted by molar-refractivity contribution is 7.12. The van der Waals surface area contributed by atoms with Gasteiger partial charge in [-0.25, -0.2) is 0 Å². The van der Waals surface area contributed by atoms with Gasteiger partial charge in [0.15, 0.2) is 0 Å². The highest BCUT2D eigenvalue weighted by Gasteiger charge is 2.11. The van der Waals surface area contributed by atoms with Crippen molar-refractivity contribution in [1.82, 2.24) is 10.2 Å². The first-order valence-electron chi connectivity index (χ1n) is 8.69. The summed E-state index contributed by atoms with van der Waals surface area (Å²) in [6.07, 6.45) is 0. The molecule has 1 heterocycles. The van der Waals surface area contributed by atoms with E-state index in [0.717, 1.165) is 28.1 Å². The fourth-order valence-electron chi connectivity index (χ4n) is 2.97. The average Bonchev–Trinajstić information content (AvgIpc) is 3.06. The Kier molecular flexibility index (Phi) is 5.86. The number of benzene rings is 2. The fraction of sp³-hybridized carbons (Fsp3) is 0.227. The standard InChI is InChI=1S/C22H24N2OS/c1-16-12-13-26-21(16)22(25)23-14-19-6-4-5-7-20(19)18-10-8-17(9-11-18)15-24(2)3/h4-13H,14-15H2,1-3H3,(H,23,25). The number of nitrogens with one attached hydrogen (secondary N) is 1. The average molecular weight is 365 g/mol. The molecular weight excluding hydrogens is 340 g/mol. The molecule has 0 aliphatic rings. The molecule has 4 heteroatoms. The van der Waals surface area contributed by atoms with Crippen molar-refractivity contribution in [2.75, 3.05) is 14.1 Å². The van der Waals surface area contributed by atoms with Gasteiger partial charge in [-0.2, -0.15) is 0 Å². The Labute approximate surface area is 159 Å². The molecule has 0 radical (unpaired) electrons. The highest BCUT2D eigenvalue weighted by Crippen LogP contribution is 2.24. The first kappa shape index (κ1) is 18.4. The third kappa shape index (κ3) is 4.40. The summed E-state index contributed by atoms with van der Waals surface area (Å²) in [5.74, 6) is -0.00589. The van der Waals surface area contributed by atoms with Crippen LogP contribution in [0.2, 0.25) is 0 Å².